The van der Waals surface area contributed by atoms with Crippen LogP contribution in [0.4, 0.5) is 0 Å². The molecular formula is C8H11NO5S. The van der Waals surface area contributed by atoms with E-state index in [-0.39, 0.29) is 18.1 Å². The molecule has 0 amide bonds. The lowest BCUT2D eigenvalue weighted by Crippen LogP contribution is -2.28. The Balaban J connectivity index is 2.75. The summed E-state index contributed by atoms with van der Waals surface area (Å²) < 4.78 is 29.0. The van der Waals surface area contributed by atoms with Crippen molar-refractivity contribution in [2.24, 2.45) is 0 Å². The zero-order chi connectivity index (χ0) is 11.5. The molecule has 1 N–H and O–H groups in total. The second-order valence-electron chi connectivity index (χ2n) is 2.90. The van der Waals surface area contributed by atoms with Crippen molar-refractivity contribution in [3.63, 3.8) is 0 Å². The Morgan fingerprint density at radius 2 is 2.27 bits per heavy atom. The number of carboxylic acid groups (broad SMARTS) is 1. The van der Waals surface area contributed by atoms with Crippen LogP contribution in [0.15, 0.2) is 27.9 Å². The third-order valence-electron chi connectivity index (χ3n) is 1.80. The van der Waals surface area contributed by atoms with Crippen LogP contribution in [0.5, 0.6) is 0 Å². The average molecular weight is 233 g/mol. The molecule has 0 aliphatic rings. The summed E-state index contributed by atoms with van der Waals surface area (Å²) in [6, 6.07) is 2.77. The van der Waals surface area contributed by atoms with Crippen molar-refractivity contribution in [2.75, 3.05) is 13.6 Å². The minimum absolute atomic E-state index is 0.0850. The molecule has 0 aliphatic heterocycles. The Morgan fingerprint density at radius 3 is 2.73 bits per heavy atom. The summed E-state index contributed by atoms with van der Waals surface area (Å²) in [6.45, 7) is -0.0850. The molecule has 0 atom stereocenters. The zero-order valence-electron chi connectivity index (χ0n) is 8.08. The highest BCUT2D eigenvalue weighted by molar-refractivity contribution is 7.89. The fourth-order valence-corrected chi connectivity index (χ4v) is 2.00. The number of furan rings is 1. The van der Waals surface area contributed by atoms with Crippen LogP contribution < -0.4 is 0 Å². The molecule has 0 aromatic carbocycles. The molecule has 0 bridgehead atoms. The summed E-state index contributed by atoms with van der Waals surface area (Å²) in [7, 11) is -2.38. The molecule has 1 aromatic rings. The SMILES string of the molecule is CN(CCC(=O)O)S(=O)(=O)c1ccco1. The van der Waals surface area contributed by atoms with E-state index in [1.807, 2.05) is 0 Å². The van der Waals surface area contributed by atoms with Gasteiger partial charge in [-0.2, -0.15) is 4.31 Å². The molecule has 7 heteroatoms. The van der Waals surface area contributed by atoms with Crippen LogP contribution >= 0.6 is 0 Å². The fraction of sp³-hybridized carbons (Fsp3) is 0.375. The van der Waals surface area contributed by atoms with Crippen LogP contribution in [0, 0.1) is 0 Å². The van der Waals surface area contributed by atoms with Crippen molar-refractivity contribution in [1.29, 1.82) is 0 Å². The van der Waals surface area contributed by atoms with E-state index in [9.17, 15) is 13.2 Å². The quantitative estimate of drug-likeness (QED) is 0.794. The van der Waals surface area contributed by atoms with Gasteiger partial charge in [-0.25, -0.2) is 8.42 Å². The third-order valence-corrected chi connectivity index (χ3v) is 3.54. The van der Waals surface area contributed by atoms with Crippen molar-refractivity contribution in [3.8, 4) is 0 Å². The van der Waals surface area contributed by atoms with Crippen molar-refractivity contribution in [2.45, 2.75) is 11.5 Å². The molecule has 0 spiro atoms. The fourth-order valence-electron chi connectivity index (χ4n) is 0.937. The van der Waals surface area contributed by atoms with Crippen LogP contribution in [0.3, 0.4) is 0 Å². The maximum absolute atomic E-state index is 11.6. The normalized spacial score (nSPS) is 11.9. The molecule has 0 radical (unpaired) electrons. The molecule has 0 unspecified atom stereocenters. The van der Waals surface area contributed by atoms with Crippen molar-refractivity contribution >= 4 is 16.0 Å². The second kappa shape index (κ2) is 4.45. The zero-order valence-corrected chi connectivity index (χ0v) is 8.90. The number of aliphatic carboxylic acids is 1. The van der Waals surface area contributed by atoms with E-state index in [0.717, 1.165) is 4.31 Å². The molecule has 1 rings (SSSR count). The minimum Gasteiger partial charge on any atom is -0.481 e. The van der Waals surface area contributed by atoms with Crippen LogP contribution in [0.25, 0.3) is 0 Å². The lowest BCUT2D eigenvalue weighted by molar-refractivity contribution is -0.137. The van der Waals surface area contributed by atoms with Crippen LogP contribution in [0.1, 0.15) is 6.42 Å². The maximum Gasteiger partial charge on any atom is 0.304 e. The van der Waals surface area contributed by atoms with Gasteiger partial charge >= 0.3 is 5.97 Å². The first-order chi connectivity index (χ1) is 6.94. The van der Waals surface area contributed by atoms with E-state index in [1.54, 1.807) is 0 Å². The number of carboxylic acids is 1. The van der Waals surface area contributed by atoms with Crippen molar-refractivity contribution in [1.82, 2.24) is 4.31 Å². The standard InChI is InChI=1S/C8H11NO5S/c1-9(5-4-7(10)11)15(12,13)8-3-2-6-14-8/h2-3,6H,4-5H2,1H3,(H,10,11). The monoisotopic (exact) mass is 233 g/mol. The summed E-state index contributed by atoms with van der Waals surface area (Å²) in [5.41, 5.74) is 0. The second-order valence-corrected chi connectivity index (χ2v) is 4.88. The Kier molecular flexibility index (Phi) is 3.48. The number of hydrogen-bond acceptors (Lipinski definition) is 4. The largest absolute Gasteiger partial charge is 0.481 e. The molecule has 84 valence electrons. The Morgan fingerprint density at radius 1 is 1.60 bits per heavy atom. The molecular weight excluding hydrogens is 222 g/mol. The first-order valence-electron chi connectivity index (χ1n) is 4.16. The Bertz CT molecular complexity index is 422. The highest BCUT2D eigenvalue weighted by Crippen LogP contribution is 2.14. The van der Waals surface area contributed by atoms with E-state index < -0.39 is 16.0 Å². The lowest BCUT2D eigenvalue weighted by Gasteiger charge is -2.13. The number of rotatable bonds is 5. The van der Waals surface area contributed by atoms with Gasteiger partial charge in [-0.05, 0) is 12.1 Å². The van der Waals surface area contributed by atoms with Gasteiger partial charge in [0, 0.05) is 13.6 Å². The van der Waals surface area contributed by atoms with E-state index in [1.165, 1.54) is 25.4 Å². The lowest BCUT2D eigenvalue weighted by atomic mass is 10.4. The minimum atomic E-state index is -3.69. The molecule has 1 aromatic heterocycles. The maximum atomic E-state index is 11.6. The number of nitrogens with zero attached hydrogens (tertiary/aromatic N) is 1. The molecule has 0 saturated carbocycles. The molecule has 0 saturated heterocycles. The molecule has 0 fully saturated rings. The molecule has 1 heterocycles. The predicted octanol–water partition coefficient (Wildman–Crippen LogP) is 0.375. The molecule has 0 aliphatic carbocycles. The van der Waals surface area contributed by atoms with E-state index in [2.05, 4.69) is 0 Å². The van der Waals surface area contributed by atoms with Gasteiger partial charge in [0.05, 0.1) is 12.7 Å². The third kappa shape index (κ3) is 2.80. The highest BCUT2D eigenvalue weighted by atomic mass is 32.2. The number of carbonyl (C=O) groups is 1. The van der Waals surface area contributed by atoms with Gasteiger partial charge in [0.25, 0.3) is 10.0 Å². The van der Waals surface area contributed by atoms with Crippen molar-refractivity contribution < 1.29 is 22.7 Å². The van der Waals surface area contributed by atoms with E-state index in [0.29, 0.717) is 0 Å². The van der Waals surface area contributed by atoms with Crippen LogP contribution in [-0.4, -0.2) is 37.4 Å². The van der Waals surface area contributed by atoms with Gasteiger partial charge in [0.2, 0.25) is 5.09 Å². The van der Waals surface area contributed by atoms with Crippen molar-refractivity contribution in [3.05, 3.63) is 18.4 Å². The Hall–Kier alpha value is -1.34. The van der Waals surface area contributed by atoms with Crippen LogP contribution in [0.2, 0.25) is 0 Å². The highest BCUT2D eigenvalue weighted by Gasteiger charge is 2.23. The van der Waals surface area contributed by atoms with Gasteiger partial charge in [-0.1, -0.05) is 0 Å². The summed E-state index contributed by atoms with van der Waals surface area (Å²) >= 11 is 0. The van der Waals surface area contributed by atoms with Gasteiger partial charge in [0.15, 0.2) is 0 Å². The Labute approximate surface area is 87.2 Å². The van der Waals surface area contributed by atoms with E-state index in [4.69, 9.17) is 9.52 Å². The summed E-state index contributed by atoms with van der Waals surface area (Å²) in [6.07, 6.45) is 1.01. The van der Waals surface area contributed by atoms with Gasteiger partial charge in [-0.3, -0.25) is 4.79 Å². The van der Waals surface area contributed by atoms with Crippen LogP contribution in [-0.2, 0) is 14.8 Å². The molecule has 15 heavy (non-hydrogen) atoms. The number of sulfonamides is 1. The topological polar surface area (TPSA) is 87.8 Å². The number of hydrogen-bond donors (Lipinski definition) is 1. The first kappa shape index (κ1) is 11.7. The van der Waals surface area contributed by atoms with E-state index >= 15 is 0 Å². The van der Waals surface area contributed by atoms with Gasteiger partial charge in [0.1, 0.15) is 0 Å². The average Bonchev–Trinajstić information content (AvgIpc) is 2.66. The summed E-state index contributed by atoms with van der Waals surface area (Å²) in [4.78, 5) is 10.3. The predicted molar refractivity (Wildman–Crippen MR) is 50.8 cm³/mol. The summed E-state index contributed by atoms with van der Waals surface area (Å²) in [5.74, 6) is -1.04. The first-order valence-corrected chi connectivity index (χ1v) is 5.60. The molecule has 6 nitrogen and oxygen atoms in total. The van der Waals surface area contributed by atoms with Gasteiger partial charge < -0.3 is 9.52 Å². The smallest absolute Gasteiger partial charge is 0.304 e. The van der Waals surface area contributed by atoms with Gasteiger partial charge in [-0.15, -0.1) is 0 Å². The summed E-state index contributed by atoms with van der Waals surface area (Å²) in [5, 5.41) is 8.23.